The maximum atomic E-state index is 11.5. The van der Waals surface area contributed by atoms with E-state index in [1.54, 1.807) is 7.05 Å². The van der Waals surface area contributed by atoms with Gasteiger partial charge in [0.15, 0.2) is 0 Å². The van der Waals surface area contributed by atoms with Crippen molar-refractivity contribution in [1.82, 2.24) is 9.13 Å². The molecule has 0 amide bonds. The molecule has 0 spiro atoms. The van der Waals surface area contributed by atoms with E-state index in [1.165, 1.54) is 17.7 Å². The topological polar surface area (TPSA) is 56.0 Å². The van der Waals surface area contributed by atoms with Gasteiger partial charge in [-0.25, -0.2) is 4.79 Å². The third kappa shape index (κ3) is 2.62. The van der Waals surface area contributed by atoms with Gasteiger partial charge in [0.2, 0.25) is 0 Å². The molecule has 0 aliphatic carbocycles. The highest BCUT2D eigenvalue weighted by Crippen LogP contribution is 1.98. The van der Waals surface area contributed by atoms with Crippen molar-refractivity contribution in [3.8, 4) is 0 Å². The van der Waals surface area contributed by atoms with Gasteiger partial charge in [-0.15, -0.1) is 11.6 Å². The summed E-state index contributed by atoms with van der Waals surface area (Å²) < 4.78 is 2.46. The molecule has 5 nitrogen and oxygen atoms in total. The Labute approximate surface area is 92.3 Å². The Morgan fingerprint density at radius 1 is 1.33 bits per heavy atom. The Morgan fingerprint density at radius 3 is 2.60 bits per heavy atom. The molecule has 0 saturated carbocycles. The third-order valence-corrected chi connectivity index (χ3v) is 2.41. The maximum Gasteiger partial charge on any atom is 0.332 e. The Morgan fingerprint density at radius 2 is 2.00 bits per heavy atom. The molecule has 0 atom stereocenters. The first-order valence-electron chi connectivity index (χ1n) is 4.65. The molecule has 0 aliphatic heterocycles. The van der Waals surface area contributed by atoms with Crippen LogP contribution in [0.3, 0.4) is 0 Å². The Kier molecular flexibility index (Phi) is 3.96. The number of nitrogens with one attached hydrogen (secondary N) is 1. The molecule has 0 fully saturated rings. The Bertz CT molecular complexity index is 450. The van der Waals surface area contributed by atoms with E-state index < -0.39 is 0 Å². The van der Waals surface area contributed by atoms with Gasteiger partial charge < -0.3 is 5.32 Å². The van der Waals surface area contributed by atoms with E-state index in [0.717, 1.165) is 11.0 Å². The van der Waals surface area contributed by atoms with Crippen molar-refractivity contribution in [1.29, 1.82) is 0 Å². The van der Waals surface area contributed by atoms with Crippen LogP contribution >= 0.6 is 11.6 Å². The van der Waals surface area contributed by atoms with E-state index in [2.05, 4.69) is 5.32 Å². The number of hydrogen-bond acceptors (Lipinski definition) is 3. The lowest BCUT2D eigenvalue weighted by Crippen LogP contribution is -2.37. The van der Waals surface area contributed by atoms with Gasteiger partial charge in [-0.2, -0.15) is 0 Å². The van der Waals surface area contributed by atoms with E-state index in [-0.39, 0.29) is 11.2 Å². The Balaban J connectivity index is 3.00. The second-order valence-electron chi connectivity index (χ2n) is 3.24. The van der Waals surface area contributed by atoms with E-state index in [0.29, 0.717) is 18.2 Å². The van der Waals surface area contributed by atoms with Gasteiger partial charge in [0.25, 0.3) is 5.56 Å². The number of aromatic nitrogens is 2. The van der Waals surface area contributed by atoms with Gasteiger partial charge in [0, 0.05) is 32.6 Å². The average Bonchev–Trinajstić information content (AvgIpc) is 2.23. The third-order valence-electron chi connectivity index (χ3n) is 2.14. The van der Waals surface area contributed by atoms with Gasteiger partial charge in [-0.3, -0.25) is 13.9 Å². The normalized spacial score (nSPS) is 10.3. The smallest absolute Gasteiger partial charge is 0.332 e. The molecule has 0 bridgehead atoms. The van der Waals surface area contributed by atoms with Crippen molar-refractivity contribution in [3.05, 3.63) is 26.9 Å². The van der Waals surface area contributed by atoms with Crippen LogP contribution in [0.25, 0.3) is 0 Å². The van der Waals surface area contributed by atoms with E-state index in [4.69, 9.17) is 11.6 Å². The predicted octanol–water partition coefficient (Wildman–Crippen LogP) is 0.125. The summed E-state index contributed by atoms with van der Waals surface area (Å²) in [7, 11) is 3.07. The lowest BCUT2D eigenvalue weighted by atomic mass is 10.4. The van der Waals surface area contributed by atoms with E-state index in [9.17, 15) is 9.59 Å². The largest absolute Gasteiger partial charge is 0.371 e. The van der Waals surface area contributed by atoms with Crippen LogP contribution in [0.1, 0.15) is 6.42 Å². The second kappa shape index (κ2) is 5.02. The van der Waals surface area contributed by atoms with Crippen LogP contribution in [0.5, 0.6) is 0 Å². The number of hydrogen-bond donors (Lipinski definition) is 1. The molecule has 0 aromatic carbocycles. The maximum absolute atomic E-state index is 11.5. The van der Waals surface area contributed by atoms with Crippen LogP contribution in [0, 0.1) is 0 Å². The van der Waals surface area contributed by atoms with Crippen LogP contribution in [-0.4, -0.2) is 21.6 Å². The van der Waals surface area contributed by atoms with Crippen molar-refractivity contribution in [2.45, 2.75) is 6.42 Å². The highest BCUT2D eigenvalue weighted by Gasteiger charge is 2.04. The van der Waals surface area contributed by atoms with Gasteiger partial charge in [-0.1, -0.05) is 0 Å². The molecular weight excluding hydrogens is 218 g/mol. The van der Waals surface area contributed by atoms with Crippen molar-refractivity contribution in [2.24, 2.45) is 14.1 Å². The summed E-state index contributed by atoms with van der Waals surface area (Å²) in [5, 5.41) is 2.99. The zero-order valence-corrected chi connectivity index (χ0v) is 9.54. The van der Waals surface area contributed by atoms with E-state index >= 15 is 0 Å². The van der Waals surface area contributed by atoms with Crippen molar-refractivity contribution in [2.75, 3.05) is 17.7 Å². The van der Waals surface area contributed by atoms with E-state index in [1.807, 2.05) is 0 Å². The summed E-state index contributed by atoms with van der Waals surface area (Å²) in [6.07, 6.45) is 0.783. The van der Waals surface area contributed by atoms with Crippen LogP contribution in [-0.2, 0) is 14.1 Å². The van der Waals surface area contributed by atoms with Gasteiger partial charge in [-0.05, 0) is 6.42 Å². The summed E-state index contributed by atoms with van der Waals surface area (Å²) in [6, 6.07) is 1.40. The van der Waals surface area contributed by atoms with Crippen LogP contribution in [0.4, 0.5) is 5.82 Å². The average molecular weight is 232 g/mol. The molecule has 15 heavy (non-hydrogen) atoms. The number of alkyl halides is 1. The predicted molar refractivity (Wildman–Crippen MR) is 60.8 cm³/mol. The van der Waals surface area contributed by atoms with Crippen molar-refractivity contribution >= 4 is 17.4 Å². The molecule has 1 aromatic rings. The van der Waals surface area contributed by atoms with Gasteiger partial charge >= 0.3 is 5.69 Å². The molecule has 0 saturated heterocycles. The molecular formula is C9H14ClN3O2. The summed E-state index contributed by atoms with van der Waals surface area (Å²) in [5.41, 5.74) is -0.651. The fourth-order valence-corrected chi connectivity index (χ4v) is 1.32. The first-order chi connectivity index (χ1) is 7.07. The molecule has 1 aromatic heterocycles. The second-order valence-corrected chi connectivity index (χ2v) is 3.62. The quantitative estimate of drug-likeness (QED) is 0.592. The lowest BCUT2D eigenvalue weighted by molar-refractivity contribution is 0.688. The number of rotatable bonds is 4. The molecule has 0 radical (unpaired) electrons. The zero-order valence-electron chi connectivity index (χ0n) is 8.79. The number of halogens is 1. The Hall–Kier alpha value is -1.23. The number of anilines is 1. The monoisotopic (exact) mass is 231 g/mol. The SMILES string of the molecule is Cn1c(NCCCCl)cc(=O)n(C)c1=O. The van der Waals surface area contributed by atoms with Gasteiger partial charge in [0.1, 0.15) is 5.82 Å². The minimum Gasteiger partial charge on any atom is -0.371 e. The van der Waals surface area contributed by atoms with Gasteiger partial charge in [0.05, 0.1) is 0 Å². The molecule has 6 heteroatoms. The summed E-state index contributed by atoms with van der Waals surface area (Å²) >= 11 is 5.52. The summed E-state index contributed by atoms with van der Waals surface area (Å²) in [5.74, 6) is 1.07. The highest BCUT2D eigenvalue weighted by atomic mass is 35.5. The summed E-state index contributed by atoms with van der Waals surface area (Å²) in [4.78, 5) is 22.8. The highest BCUT2D eigenvalue weighted by molar-refractivity contribution is 6.17. The van der Waals surface area contributed by atoms with Crippen molar-refractivity contribution in [3.63, 3.8) is 0 Å². The first kappa shape index (κ1) is 11.8. The summed E-state index contributed by atoms with van der Waals surface area (Å²) in [6.45, 7) is 0.643. The minimum atomic E-state index is -0.337. The molecule has 0 aliphatic rings. The van der Waals surface area contributed by atoms with Crippen LogP contribution in [0.2, 0.25) is 0 Å². The molecule has 1 rings (SSSR count). The van der Waals surface area contributed by atoms with Crippen LogP contribution in [0.15, 0.2) is 15.7 Å². The zero-order chi connectivity index (χ0) is 11.4. The number of nitrogens with zero attached hydrogens (tertiary/aromatic N) is 2. The molecule has 1 N–H and O–H groups in total. The van der Waals surface area contributed by atoms with Crippen LogP contribution < -0.4 is 16.6 Å². The lowest BCUT2D eigenvalue weighted by Gasteiger charge is -2.10. The fourth-order valence-electron chi connectivity index (χ4n) is 1.19. The fraction of sp³-hybridized carbons (Fsp3) is 0.556. The minimum absolute atomic E-state index is 0.313. The molecule has 0 unspecified atom stereocenters. The standard InChI is InChI=1S/C9H14ClN3O2/c1-12-7(11-5-3-4-10)6-8(14)13(2)9(12)15/h6,11H,3-5H2,1-2H3. The van der Waals surface area contributed by atoms with Crippen molar-refractivity contribution < 1.29 is 0 Å². The first-order valence-corrected chi connectivity index (χ1v) is 5.18. The molecule has 1 heterocycles. The molecule has 84 valence electrons.